The van der Waals surface area contributed by atoms with Gasteiger partial charge in [-0.2, -0.15) is 12.6 Å². The van der Waals surface area contributed by atoms with Crippen LogP contribution in [0.1, 0.15) is 64.7 Å². The van der Waals surface area contributed by atoms with Gasteiger partial charge in [0, 0.05) is 0 Å². The molecule has 0 N–H and O–H groups in total. The summed E-state index contributed by atoms with van der Waals surface area (Å²) in [5, 5.41) is 0. The van der Waals surface area contributed by atoms with Crippen LogP contribution in [0.5, 0.6) is 0 Å². The van der Waals surface area contributed by atoms with Crippen molar-refractivity contribution in [1.82, 2.24) is 4.90 Å². The van der Waals surface area contributed by atoms with Gasteiger partial charge in [0.05, 0.1) is 0 Å². The van der Waals surface area contributed by atoms with Gasteiger partial charge in [-0.3, -0.25) is 0 Å². The number of nitrogens with zero attached hydrogens (tertiary/aromatic N) is 1. The van der Waals surface area contributed by atoms with Gasteiger partial charge < -0.3 is 4.90 Å². The molecule has 0 aromatic carbocycles. The molecule has 0 saturated heterocycles. The SMILES string of the molecule is CCCCN(C)CCCCCCCCCS. The van der Waals surface area contributed by atoms with E-state index in [0.717, 1.165) is 5.75 Å². The number of hydrogen-bond donors (Lipinski definition) is 1. The van der Waals surface area contributed by atoms with Crippen molar-refractivity contribution in [2.24, 2.45) is 0 Å². The summed E-state index contributed by atoms with van der Waals surface area (Å²) in [5.74, 6) is 1.06. The van der Waals surface area contributed by atoms with Gasteiger partial charge in [-0.15, -0.1) is 0 Å². The Balaban J connectivity index is 3.02. The third-order valence-corrected chi connectivity index (χ3v) is 3.41. The summed E-state index contributed by atoms with van der Waals surface area (Å²) in [4.78, 5) is 2.48. The van der Waals surface area contributed by atoms with Crippen molar-refractivity contribution in [3.05, 3.63) is 0 Å². The Kier molecular flexibility index (Phi) is 13.6. The highest BCUT2D eigenvalue weighted by molar-refractivity contribution is 7.80. The minimum atomic E-state index is 1.06. The fourth-order valence-corrected chi connectivity index (χ4v) is 2.14. The van der Waals surface area contributed by atoms with Crippen LogP contribution in [-0.2, 0) is 0 Å². The summed E-state index contributed by atoms with van der Waals surface area (Å²) in [7, 11) is 2.25. The molecule has 0 unspecified atom stereocenters. The normalized spacial score (nSPS) is 11.2. The van der Waals surface area contributed by atoms with Crippen LogP contribution in [-0.4, -0.2) is 30.8 Å². The van der Waals surface area contributed by atoms with Crippen molar-refractivity contribution in [2.45, 2.75) is 64.7 Å². The highest BCUT2D eigenvalue weighted by Gasteiger charge is 1.97. The first-order valence-corrected chi connectivity index (χ1v) is 7.74. The third kappa shape index (κ3) is 12.4. The maximum atomic E-state index is 4.22. The number of thiol groups is 1. The molecule has 0 heterocycles. The second kappa shape index (κ2) is 13.4. The molecule has 0 saturated carbocycles. The van der Waals surface area contributed by atoms with E-state index in [1.165, 1.54) is 70.9 Å². The summed E-state index contributed by atoms with van der Waals surface area (Å²) < 4.78 is 0. The summed E-state index contributed by atoms with van der Waals surface area (Å²) in [6, 6.07) is 0. The average Bonchev–Trinajstić information content (AvgIpc) is 2.30. The van der Waals surface area contributed by atoms with E-state index in [1.807, 2.05) is 0 Å². The molecule has 2 heteroatoms. The van der Waals surface area contributed by atoms with E-state index < -0.39 is 0 Å². The van der Waals surface area contributed by atoms with Gasteiger partial charge in [0.15, 0.2) is 0 Å². The number of rotatable bonds is 12. The van der Waals surface area contributed by atoms with Crippen LogP contribution in [0, 0.1) is 0 Å². The Labute approximate surface area is 108 Å². The van der Waals surface area contributed by atoms with Gasteiger partial charge in [-0.25, -0.2) is 0 Å². The Bertz CT molecular complexity index is 128. The number of unbranched alkanes of at least 4 members (excludes halogenated alkanes) is 7. The summed E-state index contributed by atoms with van der Waals surface area (Å²) in [6.07, 6.45) is 12.4. The summed E-state index contributed by atoms with van der Waals surface area (Å²) in [6.45, 7) is 4.83. The molecule has 0 fully saturated rings. The topological polar surface area (TPSA) is 3.24 Å². The van der Waals surface area contributed by atoms with Crippen LogP contribution in [0.25, 0.3) is 0 Å². The van der Waals surface area contributed by atoms with Gasteiger partial charge in [-0.05, 0) is 45.2 Å². The molecule has 0 aromatic rings. The zero-order chi connectivity index (χ0) is 12.1. The molecule has 0 atom stereocenters. The maximum Gasteiger partial charge on any atom is -0.00218 e. The summed E-state index contributed by atoms with van der Waals surface area (Å²) >= 11 is 4.22. The number of hydrogen-bond acceptors (Lipinski definition) is 2. The molecule has 0 rings (SSSR count). The molecule has 0 aliphatic rings. The fourth-order valence-electron chi connectivity index (χ4n) is 1.92. The van der Waals surface area contributed by atoms with Gasteiger partial charge >= 0.3 is 0 Å². The quantitative estimate of drug-likeness (QED) is 0.394. The first kappa shape index (κ1) is 16.3. The predicted molar refractivity (Wildman–Crippen MR) is 78.6 cm³/mol. The van der Waals surface area contributed by atoms with Gasteiger partial charge in [0.25, 0.3) is 0 Å². The second-order valence-electron chi connectivity index (χ2n) is 4.86. The van der Waals surface area contributed by atoms with Crippen LogP contribution in [0.15, 0.2) is 0 Å². The Morgan fingerprint density at radius 2 is 1.25 bits per heavy atom. The van der Waals surface area contributed by atoms with Crippen molar-refractivity contribution < 1.29 is 0 Å². The van der Waals surface area contributed by atoms with Crippen molar-refractivity contribution in [3.8, 4) is 0 Å². The smallest absolute Gasteiger partial charge is 0.00218 e. The Morgan fingerprint density at radius 1 is 0.750 bits per heavy atom. The molecule has 0 spiro atoms. The van der Waals surface area contributed by atoms with E-state index in [2.05, 4.69) is 31.5 Å². The highest BCUT2D eigenvalue weighted by Crippen LogP contribution is 2.08. The first-order valence-electron chi connectivity index (χ1n) is 7.10. The van der Waals surface area contributed by atoms with E-state index in [9.17, 15) is 0 Å². The first-order chi connectivity index (χ1) is 7.81. The van der Waals surface area contributed by atoms with E-state index in [4.69, 9.17) is 0 Å². The molecule has 0 aliphatic carbocycles. The minimum Gasteiger partial charge on any atom is -0.306 e. The lowest BCUT2D eigenvalue weighted by atomic mass is 10.1. The van der Waals surface area contributed by atoms with Crippen LogP contribution in [0.3, 0.4) is 0 Å². The molecular weight excluding hydrogens is 214 g/mol. The minimum absolute atomic E-state index is 1.06. The van der Waals surface area contributed by atoms with Crippen molar-refractivity contribution in [1.29, 1.82) is 0 Å². The van der Waals surface area contributed by atoms with E-state index >= 15 is 0 Å². The van der Waals surface area contributed by atoms with Crippen LogP contribution in [0.2, 0.25) is 0 Å². The second-order valence-corrected chi connectivity index (χ2v) is 5.30. The average molecular weight is 245 g/mol. The molecule has 98 valence electrons. The van der Waals surface area contributed by atoms with E-state index in [1.54, 1.807) is 0 Å². The lowest BCUT2D eigenvalue weighted by Gasteiger charge is -2.15. The molecular formula is C14H31NS. The lowest BCUT2D eigenvalue weighted by Crippen LogP contribution is -2.20. The molecule has 0 amide bonds. The third-order valence-electron chi connectivity index (χ3n) is 3.09. The maximum absolute atomic E-state index is 4.22. The molecule has 0 bridgehead atoms. The Morgan fingerprint density at radius 3 is 1.81 bits per heavy atom. The van der Waals surface area contributed by atoms with Crippen molar-refractivity contribution >= 4 is 12.6 Å². The molecule has 1 nitrogen and oxygen atoms in total. The molecule has 0 aliphatic heterocycles. The van der Waals surface area contributed by atoms with Crippen LogP contribution >= 0.6 is 12.6 Å². The zero-order valence-corrected chi connectivity index (χ0v) is 12.3. The van der Waals surface area contributed by atoms with Crippen LogP contribution in [0.4, 0.5) is 0 Å². The molecule has 0 aromatic heterocycles. The summed E-state index contributed by atoms with van der Waals surface area (Å²) in [5.41, 5.74) is 0. The fraction of sp³-hybridized carbons (Fsp3) is 1.00. The van der Waals surface area contributed by atoms with Crippen molar-refractivity contribution in [3.63, 3.8) is 0 Å². The lowest BCUT2D eigenvalue weighted by molar-refractivity contribution is 0.318. The van der Waals surface area contributed by atoms with Gasteiger partial charge in [0.2, 0.25) is 0 Å². The van der Waals surface area contributed by atoms with Gasteiger partial charge in [-0.1, -0.05) is 45.4 Å². The van der Waals surface area contributed by atoms with E-state index in [-0.39, 0.29) is 0 Å². The predicted octanol–water partition coefficient (Wildman–Crippen LogP) is 4.38. The molecule has 0 radical (unpaired) electrons. The zero-order valence-electron chi connectivity index (χ0n) is 11.4. The highest BCUT2D eigenvalue weighted by atomic mass is 32.1. The standard InChI is InChI=1S/C14H31NS/c1-3-4-12-15(2)13-10-8-6-5-7-9-11-14-16/h16H,3-14H2,1-2H3. The largest absolute Gasteiger partial charge is 0.306 e. The monoisotopic (exact) mass is 245 g/mol. The Hall–Kier alpha value is 0.310. The van der Waals surface area contributed by atoms with Gasteiger partial charge in [0.1, 0.15) is 0 Å². The van der Waals surface area contributed by atoms with E-state index in [0.29, 0.717) is 0 Å². The molecule has 16 heavy (non-hydrogen) atoms. The van der Waals surface area contributed by atoms with Crippen molar-refractivity contribution in [2.75, 3.05) is 25.9 Å². The van der Waals surface area contributed by atoms with Crippen LogP contribution < -0.4 is 0 Å².